The highest BCUT2D eigenvalue weighted by Gasteiger charge is 2.42. The van der Waals surface area contributed by atoms with Crippen molar-refractivity contribution in [1.29, 1.82) is 0 Å². The first kappa shape index (κ1) is 34.1. The van der Waals surface area contributed by atoms with Gasteiger partial charge in [0.05, 0.1) is 24.8 Å². The van der Waals surface area contributed by atoms with Gasteiger partial charge in [-0.25, -0.2) is 4.79 Å². The molecule has 1 aliphatic heterocycles. The number of pyridine rings is 1. The van der Waals surface area contributed by atoms with Crippen LogP contribution in [-0.2, 0) is 15.1 Å². The number of piperidine rings is 1. The van der Waals surface area contributed by atoms with E-state index in [0.29, 0.717) is 53.0 Å². The Balaban J connectivity index is 1.09. The lowest BCUT2D eigenvalue weighted by atomic mass is 9.86. The van der Waals surface area contributed by atoms with Crippen LogP contribution in [0.2, 0.25) is 0 Å². The third-order valence-corrected chi connectivity index (χ3v) is 8.90. The summed E-state index contributed by atoms with van der Waals surface area (Å²) in [4.78, 5) is 30.0. The average molecular weight is 644 g/mol. The number of fused-ring (bicyclic) bond motifs is 1. The molecule has 2 unspecified atom stereocenters. The zero-order valence-electron chi connectivity index (χ0n) is 26.9. The number of carbonyl (C=O) groups excluding carboxylic acids is 1. The fraction of sp³-hybridized carbons (Fsp3) is 0.405. The highest BCUT2D eigenvalue weighted by Crippen LogP contribution is 2.34. The predicted molar refractivity (Wildman–Crippen MR) is 180 cm³/mol. The number of rotatable bonds is 15. The fourth-order valence-corrected chi connectivity index (χ4v) is 6.04. The minimum Gasteiger partial charge on any atom is -0.506 e. The van der Waals surface area contributed by atoms with Gasteiger partial charge in [-0.2, -0.15) is 0 Å². The maximum atomic E-state index is 13.5. The van der Waals surface area contributed by atoms with Crippen molar-refractivity contribution in [3.8, 4) is 11.5 Å². The van der Waals surface area contributed by atoms with E-state index in [9.17, 15) is 24.9 Å². The lowest BCUT2D eigenvalue weighted by Gasteiger charge is -2.31. The van der Waals surface area contributed by atoms with Gasteiger partial charge in [-0.1, -0.05) is 48.5 Å². The molecule has 1 fully saturated rings. The van der Waals surface area contributed by atoms with Crippen LogP contribution < -0.4 is 15.6 Å². The van der Waals surface area contributed by atoms with Gasteiger partial charge in [-0.05, 0) is 100 Å². The number of carbonyl (C=O) groups is 1. The highest BCUT2D eigenvalue weighted by atomic mass is 16.5. The molecular formula is C37H45N3O7. The molecule has 5 N–H and O–H groups in total. The second-order valence-corrected chi connectivity index (χ2v) is 12.4. The van der Waals surface area contributed by atoms with Crippen LogP contribution in [0.15, 0.2) is 83.7 Å². The molecule has 5 rings (SSSR count). The number of ether oxygens (including phenoxy) is 2. The Morgan fingerprint density at radius 2 is 1.77 bits per heavy atom. The number of esters is 1. The summed E-state index contributed by atoms with van der Waals surface area (Å²) in [6.45, 7) is 3.70. The van der Waals surface area contributed by atoms with Gasteiger partial charge in [0.15, 0.2) is 0 Å². The van der Waals surface area contributed by atoms with E-state index in [1.165, 1.54) is 12.1 Å². The van der Waals surface area contributed by atoms with Crippen molar-refractivity contribution in [2.24, 2.45) is 5.92 Å². The number of aliphatic hydroxyl groups is 2. The van der Waals surface area contributed by atoms with Crippen molar-refractivity contribution in [2.45, 2.75) is 43.8 Å². The van der Waals surface area contributed by atoms with Crippen molar-refractivity contribution in [2.75, 3.05) is 46.4 Å². The maximum absolute atomic E-state index is 13.5. The summed E-state index contributed by atoms with van der Waals surface area (Å²) in [6.07, 6.45) is 3.67. The average Bonchev–Trinajstić information content (AvgIpc) is 3.09. The number of likely N-dealkylation sites (tertiary alicyclic amines) is 1. The van der Waals surface area contributed by atoms with E-state index in [0.717, 1.165) is 45.2 Å². The molecule has 4 aromatic rings. The standard InChI is InChI=1S/C37H45N3O7/c1-40-20-17-26(18-21-40)25-47-36(44)37(45,27-9-4-2-5-10-27)28-11-8-12-29(23-28)46-22-7-3-6-19-38-24-33(42)30-13-15-32(41)35-31(30)14-16-34(43)39-35/h2,4-5,8-16,23,26,33,38,41-42,45H,3,6-7,17-22,24-25H2,1H3,(H,39,43). The van der Waals surface area contributed by atoms with Gasteiger partial charge in [0.25, 0.3) is 0 Å². The van der Waals surface area contributed by atoms with Crippen LogP contribution in [0.3, 0.4) is 0 Å². The van der Waals surface area contributed by atoms with Crippen LogP contribution in [0.1, 0.15) is 54.9 Å². The minimum absolute atomic E-state index is 0.0386. The van der Waals surface area contributed by atoms with Crippen molar-refractivity contribution in [3.05, 3.63) is 106 Å². The van der Waals surface area contributed by atoms with Gasteiger partial charge in [-0.15, -0.1) is 0 Å². The molecule has 0 aliphatic carbocycles. The molecule has 10 heteroatoms. The van der Waals surface area contributed by atoms with Crippen LogP contribution in [0.5, 0.6) is 11.5 Å². The van der Waals surface area contributed by atoms with E-state index >= 15 is 0 Å². The summed E-state index contributed by atoms with van der Waals surface area (Å²) in [5, 5.41) is 36.6. The van der Waals surface area contributed by atoms with E-state index in [1.54, 1.807) is 54.6 Å². The van der Waals surface area contributed by atoms with Crippen molar-refractivity contribution >= 4 is 16.9 Å². The normalized spacial score (nSPS) is 16.1. The van der Waals surface area contributed by atoms with Crippen LogP contribution in [0, 0.1) is 5.92 Å². The Hall–Kier alpha value is -4.22. The highest BCUT2D eigenvalue weighted by molar-refractivity contribution is 5.87. The van der Waals surface area contributed by atoms with Crippen LogP contribution in [0.4, 0.5) is 0 Å². The molecular weight excluding hydrogens is 598 g/mol. The molecule has 10 nitrogen and oxygen atoms in total. The summed E-state index contributed by atoms with van der Waals surface area (Å²) >= 11 is 0. The molecule has 3 aromatic carbocycles. The number of nitrogens with zero attached hydrogens (tertiary/aromatic N) is 1. The Labute approximate surface area is 275 Å². The van der Waals surface area contributed by atoms with E-state index in [1.807, 2.05) is 12.1 Å². The monoisotopic (exact) mass is 643 g/mol. The second-order valence-electron chi connectivity index (χ2n) is 12.4. The van der Waals surface area contributed by atoms with Crippen molar-refractivity contribution in [1.82, 2.24) is 15.2 Å². The number of aromatic amines is 1. The molecule has 0 spiro atoms. The number of aliphatic hydroxyl groups excluding tert-OH is 1. The first-order chi connectivity index (χ1) is 22.8. The maximum Gasteiger partial charge on any atom is 0.347 e. The third kappa shape index (κ3) is 8.58. The number of hydrogen-bond donors (Lipinski definition) is 5. The van der Waals surface area contributed by atoms with E-state index in [4.69, 9.17) is 9.47 Å². The summed E-state index contributed by atoms with van der Waals surface area (Å²) in [5.41, 5.74) is -0.511. The molecule has 0 saturated carbocycles. The summed E-state index contributed by atoms with van der Waals surface area (Å²) in [7, 11) is 2.09. The molecule has 1 aliphatic rings. The van der Waals surface area contributed by atoms with Crippen LogP contribution in [0.25, 0.3) is 10.9 Å². The summed E-state index contributed by atoms with van der Waals surface area (Å²) in [6, 6.07) is 22.0. The molecule has 250 valence electrons. The number of unbranched alkanes of at least 4 members (excludes halogenated alkanes) is 2. The predicted octanol–water partition coefficient (Wildman–Crippen LogP) is 4.23. The largest absolute Gasteiger partial charge is 0.506 e. The Morgan fingerprint density at radius 1 is 1.00 bits per heavy atom. The Bertz CT molecular complexity index is 1670. The van der Waals surface area contributed by atoms with E-state index < -0.39 is 17.7 Å². The zero-order valence-corrected chi connectivity index (χ0v) is 26.9. The van der Waals surface area contributed by atoms with Gasteiger partial charge in [0, 0.05) is 23.6 Å². The zero-order chi connectivity index (χ0) is 33.2. The number of aromatic hydroxyl groups is 1. The van der Waals surface area contributed by atoms with E-state index in [2.05, 4.69) is 22.2 Å². The molecule has 47 heavy (non-hydrogen) atoms. The Kier molecular flexibility index (Phi) is 11.7. The molecule has 1 saturated heterocycles. The van der Waals surface area contributed by atoms with Crippen LogP contribution >= 0.6 is 0 Å². The quantitative estimate of drug-likeness (QED) is 0.0950. The lowest BCUT2D eigenvalue weighted by molar-refractivity contribution is -0.164. The van der Waals surface area contributed by atoms with Gasteiger partial charge >= 0.3 is 5.97 Å². The van der Waals surface area contributed by atoms with Gasteiger partial charge in [-0.3, -0.25) is 4.79 Å². The first-order valence-corrected chi connectivity index (χ1v) is 16.4. The number of aromatic nitrogens is 1. The molecule has 2 atom stereocenters. The smallest absolute Gasteiger partial charge is 0.347 e. The van der Waals surface area contributed by atoms with Crippen molar-refractivity contribution < 1.29 is 29.6 Å². The lowest BCUT2D eigenvalue weighted by Crippen LogP contribution is -2.40. The summed E-state index contributed by atoms with van der Waals surface area (Å²) < 4.78 is 11.8. The second kappa shape index (κ2) is 16.1. The number of hydrogen-bond acceptors (Lipinski definition) is 9. The molecule has 0 radical (unpaired) electrons. The number of phenols is 1. The minimum atomic E-state index is -1.97. The summed E-state index contributed by atoms with van der Waals surface area (Å²) in [5.74, 6) is 0.107. The number of nitrogens with one attached hydrogen (secondary N) is 2. The third-order valence-electron chi connectivity index (χ3n) is 8.90. The molecule has 0 amide bonds. The van der Waals surface area contributed by atoms with Gasteiger partial charge in [0.2, 0.25) is 11.2 Å². The fourth-order valence-electron chi connectivity index (χ4n) is 6.04. The molecule has 1 aromatic heterocycles. The molecule has 2 heterocycles. The molecule has 0 bridgehead atoms. The van der Waals surface area contributed by atoms with Gasteiger partial charge < -0.3 is 40.0 Å². The Morgan fingerprint density at radius 3 is 2.55 bits per heavy atom. The van der Waals surface area contributed by atoms with Gasteiger partial charge in [0.1, 0.15) is 11.5 Å². The number of H-pyrrole nitrogens is 1. The van der Waals surface area contributed by atoms with Crippen molar-refractivity contribution in [3.63, 3.8) is 0 Å². The SMILES string of the molecule is CN1CCC(COC(=O)C(O)(c2ccccc2)c2cccc(OCCCCCNCC(O)c3ccc(O)c4[nH]c(=O)ccc34)c2)CC1. The topological polar surface area (TPSA) is 144 Å². The first-order valence-electron chi connectivity index (χ1n) is 16.4. The number of phenolic OH excluding ortho intramolecular Hbond substituents is 1. The van der Waals surface area contributed by atoms with Crippen LogP contribution in [-0.4, -0.2) is 77.6 Å². The van der Waals surface area contributed by atoms with E-state index in [-0.39, 0.29) is 23.8 Å². The number of benzene rings is 3.